The van der Waals surface area contributed by atoms with Crippen molar-refractivity contribution in [1.82, 2.24) is 20.0 Å². The number of hydrogen-bond donors (Lipinski definition) is 3. The molecule has 0 fully saturated rings. The maximum Gasteiger partial charge on any atom is 0.273 e. The quantitative estimate of drug-likeness (QED) is 0.244. The molecule has 1 aliphatic heterocycles. The second kappa shape index (κ2) is 9.79. The van der Waals surface area contributed by atoms with Gasteiger partial charge in [-0.05, 0) is 88.7 Å². The van der Waals surface area contributed by atoms with Crippen LogP contribution in [0.2, 0.25) is 0 Å². The van der Waals surface area contributed by atoms with Gasteiger partial charge in [-0.2, -0.15) is 10.2 Å². The first-order valence-corrected chi connectivity index (χ1v) is 12.5. The first-order valence-electron chi connectivity index (χ1n) is 12.5. The molecule has 1 atom stereocenters. The summed E-state index contributed by atoms with van der Waals surface area (Å²) in [5.41, 5.74) is 4.52. The molecule has 0 bridgehead atoms. The molecule has 2 aromatic carbocycles. The van der Waals surface area contributed by atoms with Crippen LogP contribution >= 0.6 is 0 Å². The first kappa shape index (κ1) is 25.8. The molecule has 10 nitrogen and oxygen atoms in total. The molecule has 0 saturated heterocycles. The van der Waals surface area contributed by atoms with E-state index in [0.29, 0.717) is 39.6 Å². The highest BCUT2D eigenvalue weighted by molar-refractivity contribution is 6.15. The molecule has 198 valence electrons. The Balaban J connectivity index is 1.32. The lowest BCUT2D eigenvalue weighted by Crippen LogP contribution is -2.29. The Labute approximate surface area is 225 Å². The number of H-pyrrole nitrogens is 1. The summed E-state index contributed by atoms with van der Waals surface area (Å²) in [6.45, 7) is 9.66. The number of rotatable bonds is 6. The van der Waals surface area contributed by atoms with Gasteiger partial charge in [-0.3, -0.25) is 24.2 Å². The number of aromatic amines is 1. The molecule has 2 aromatic heterocycles. The SMILES string of the molecule is Cc1cc(C(=O)Nc2ccc(C(=O)c3ccc4c(c3)C(C=Nc3cc(C)[nH]n3)C(=O)N4)cc2)n(C(C)(C)C)n1. The van der Waals surface area contributed by atoms with Crippen LogP contribution < -0.4 is 10.6 Å². The van der Waals surface area contributed by atoms with Crippen LogP contribution in [0.25, 0.3) is 0 Å². The maximum atomic E-state index is 13.3. The molecule has 2 amide bonds. The van der Waals surface area contributed by atoms with E-state index < -0.39 is 5.92 Å². The number of ketones is 1. The van der Waals surface area contributed by atoms with Crippen LogP contribution in [0.15, 0.2) is 59.6 Å². The lowest BCUT2D eigenvalue weighted by atomic mass is 9.96. The number of anilines is 2. The Hall–Kier alpha value is -4.86. The highest BCUT2D eigenvalue weighted by Crippen LogP contribution is 2.33. The zero-order valence-electron chi connectivity index (χ0n) is 22.4. The number of carbonyl (C=O) groups is 3. The van der Waals surface area contributed by atoms with Gasteiger partial charge in [0.1, 0.15) is 11.6 Å². The molecular formula is C29H29N7O3. The van der Waals surface area contributed by atoms with Gasteiger partial charge in [-0.1, -0.05) is 0 Å². The van der Waals surface area contributed by atoms with Crippen LogP contribution in [0, 0.1) is 13.8 Å². The number of hydrogen-bond acceptors (Lipinski definition) is 6. The van der Waals surface area contributed by atoms with Crippen molar-refractivity contribution in [1.29, 1.82) is 0 Å². The van der Waals surface area contributed by atoms with Crippen molar-refractivity contribution in [2.75, 3.05) is 10.6 Å². The summed E-state index contributed by atoms with van der Waals surface area (Å²) in [6, 6.07) is 15.4. The molecule has 10 heteroatoms. The van der Waals surface area contributed by atoms with Gasteiger partial charge in [-0.15, -0.1) is 0 Å². The maximum absolute atomic E-state index is 13.3. The largest absolute Gasteiger partial charge is 0.325 e. The fourth-order valence-electron chi connectivity index (χ4n) is 4.43. The number of carbonyl (C=O) groups excluding carboxylic acids is 3. The average molecular weight is 524 g/mol. The van der Waals surface area contributed by atoms with Crippen molar-refractivity contribution in [2.45, 2.75) is 46.1 Å². The van der Waals surface area contributed by atoms with Crippen molar-refractivity contribution in [2.24, 2.45) is 4.99 Å². The Bertz CT molecular complexity index is 1620. The van der Waals surface area contributed by atoms with Gasteiger partial charge in [0.05, 0.1) is 11.2 Å². The number of benzene rings is 2. The topological polar surface area (TPSA) is 134 Å². The fraction of sp³-hybridized carbons (Fsp3) is 0.241. The van der Waals surface area contributed by atoms with E-state index >= 15 is 0 Å². The summed E-state index contributed by atoms with van der Waals surface area (Å²) in [6.07, 6.45) is 1.54. The minimum Gasteiger partial charge on any atom is -0.325 e. The molecule has 5 rings (SSSR count). The third kappa shape index (κ3) is 5.26. The molecule has 39 heavy (non-hydrogen) atoms. The Kier molecular flexibility index (Phi) is 6.47. The number of aryl methyl sites for hydroxylation is 2. The van der Waals surface area contributed by atoms with E-state index in [0.717, 1.165) is 11.4 Å². The fourth-order valence-corrected chi connectivity index (χ4v) is 4.43. The van der Waals surface area contributed by atoms with Gasteiger partial charge in [0.25, 0.3) is 5.91 Å². The van der Waals surface area contributed by atoms with Gasteiger partial charge in [-0.25, -0.2) is 4.99 Å². The molecule has 0 saturated carbocycles. The summed E-state index contributed by atoms with van der Waals surface area (Å²) in [5, 5.41) is 17.0. The number of aromatic nitrogens is 4. The van der Waals surface area contributed by atoms with Gasteiger partial charge < -0.3 is 10.6 Å². The van der Waals surface area contributed by atoms with Crippen LogP contribution in [0.3, 0.4) is 0 Å². The van der Waals surface area contributed by atoms with E-state index in [4.69, 9.17) is 0 Å². The minimum atomic E-state index is -0.632. The number of aliphatic imine (C=N–C) groups is 1. The van der Waals surface area contributed by atoms with Crippen LogP contribution in [0.5, 0.6) is 0 Å². The molecule has 0 spiro atoms. The molecule has 3 N–H and O–H groups in total. The van der Waals surface area contributed by atoms with Gasteiger partial charge >= 0.3 is 0 Å². The standard InChI is InChI=1S/C29H29N7O3/c1-16-13-25(34-33-16)30-15-22-21-14-19(8-11-23(21)32-27(22)38)26(37)18-6-9-20(10-7-18)31-28(39)24-12-17(2)35-36(24)29(3,4)5/h6-15,22H,1-5H3,(H,31,39)(H,32,38)(H,33,34). The van der Waals surface area contributed by atoms with E-state index in [9.17, 15) is 14.4 Å². The highest BCUT2D eigenvalue weighted by atomic mass is 16.2. The number of nitrogens with one attached hydrogen (secondary N) is 3. The first-order chi connectivity index (χ1) is 18.5. The lowest BCUT2D eigenvalue weighted by Gasteiger charge is -2.22. The van der Waals surface area contributed by atoms with Crippen LogP contribution in [-0.4, -0.2) is 43.8 Å². The summed E-state index contributed by atoms with van der Waals surface area (Å²) in [7, 11) is 0. The van der Waals surface area contributed by atoms with Gasteiger partial charge in [0.15, 0.2) is 11.6 Å². The lowest BCUT2D eigenvalue weighted by molar-refractivity contribution is -0.115. The monoisotopic (exact) mass is 523 g/mol. The Morgan fingerprint density at radius 1 is 1.03 bits per heavy atom. The van der Waals surface area contributed by atoms with E-state index in [1.807, 2.05) is 34.6 Å². The molecular weight excluding hydrogens is 494 g/mol. The van der Waals surface area contributed by atoms with E-state index in [1.54, 1.807) is 59.3 Å². The Morgan fingerprint density at radius 3 is 2.41 bits per heavy atom. The Morgan fingerprint density at radius 2 is 1.74 bits per heavy atom. The smallest absolute Gasteiger partial charge is 0.273 e. The van der Waals surface area contributed by atoms with E-state index in [-0.39, 0.29) is 23.1 Å². The molecule has 4 aromatic rings. The zero-order valence-corrected chi connectivity index (χ0v) is 22.4. The van der Waals surface area contributed by atoms with Crippen LogP contribution in [0.4, 0.5) is 17.2 Å². The van der Waals surface area contributed by atoms with Crippen LogP contribution in [-0.2, 0) is 10.3 Å². The third-order valence-electron chi connectivity index (χ3n) is 6.34. The number of amides is 2. The van der Waals surface area contributed by atoms with Gasteiger partial charge in [0.2, 0.25) is 5.91 Å². The van der Waals surface area contributed by atoms with E-state index in [2.05, 4.69) is 30.9 Å². The molecule has 0 radical (unpaired) electrons. The number of nitrogens with zero attached hydrogens (tertiary/aromatic N) is 4. The summed E-state index contributed by atoms with van der Waals surface area (Å²) >= 11 is 0. The predicted molar refractivity (Wildman–Crippen MR) is 149 cm³/mol. The minimum absolute atomic E-state index is 0.199. The second-order valence-corrected chi connectivity index (χ2v) is 10.6. The van der Waals surface area contributed by atoms with Crippen molar-refractivity contribution < 1.29 is 14.4 Å². The molecule has 0 aliphatic carbocycles. The van der Waals surface area contributed by atoms with Crippen molar-refractivity contribution in [3.63, 3.8) is 0 Å². The molecule has 3 heterocycles. The third-order valence-corrected chi connectivity index (χ3v) is 6.34. The van der Waals surface area contributed by atoms with Gasteiger partial charge in [0, 0.05) is 40.5 Å². The average Bonchev–Trinajstić information content (AvgIpc) is 3.58. The van der Waals surface area contributed by atoms with Crippen molar-refractivity contribution in [3.8, 4) is 0 Å². The predicted octanol–water partition coefficient (Wildman–Crippen LogP) is 4.90. The van der Waals surface area contributed by atoms with Crippen molar-refractivity contribution >= 4 is 41.0 Å². The van der Waals surface area contributed by atoms with Crippen LogP contribution in [0.1, 0.15) is 70.1 Å². The second-order valence-electron chi connectivity index (χ2n) is 10.6. The van der Waals surface area contributed by atoms with Crippen molar-refractivity contribution in [3.05, 3.63) is 88.4 Å². The highest BCUT2D eigenvalue weighted by Gasteiger charge is 2.30. The molecule has 1 unspecified atom stereocenters. The summed E-state index contributed by atoms with van der Waals surface area (Å²) < 4.78 is 1.71. The summed E-state index contributed by atoms with van der Waals surface area (Å²) in [5.74, 6) is -0.847. The number of fused-ring (bicyclic) bond motifs is 1. The zero-order chi connectivity index (χ0) is 27.9. The molecule has 1 aliphatic rings. The van der Waals surface area contributed by atoms with E-state index in [1.165, 1.54) is 6.21 Å². The summed E-state index contributed by atoms with van der Waals surface area (Å²) in [4.78, 5) is 43.1. The normalized spacial score (nSPS) is 14.9.